The lowest BCUT2D eigenvalue weighted by molar-refractivity contribution is -0.115. The largest absolute Gasteiger partial charge is 0.405 e. The Labute approximate surface area is 83.3 Å². The van der Waals surface area contributed by atoms with Gasteiger partial charge in [-0.3, -0.25) is 9.78 Å². The van der Waals surface area contributed by atoms with E-state index in [-0.39, 0.29) is 11.3 Å². The van der Waals surface area contributed by atoms with Crippen molar-refractivity contribution in [3.63, 3.8) is 0 Å². The first-order valence-electron chi connectivity index (χ1n) is 3.94. The van der Waals surface area contributed by atoms with E-state index in [0.29, 0.717) is 0 Å². The molecule has 0 aliphatic heterocycles. The van der Waals surface area contributed by atoms with Gasteiger partial charge in [-0.05, 0) is 6.07 Å². The molecule has 0 fully saturated rings. The van der Waals surface area contributed by atoms with Gasteiger partial charge < -0.3 is 11.1 Å². The summed E-state index contributed by atoms with van der Waals surface area (Å²) in [5, 5.41) is 2.07. The number of nitrogens with zero attached hydrogens (tertiary/aromatic N) is 1. The van der Waals surface area contributed by atoms with Crippen molar-refractivity contribution in [3.8, 4) is 0 Å². The molecule has 7 heteroatoms. The van der Waals surface area contributed by atoms with Crippen LogP contribution in [0.4, 0.5) is 18.9 Å². The Kier molecular flexibility index (Phi) is 3.13. The van der Waals surface area contributed by atoms with Crippen molar-refractivity contribution in [1.82, 2.24) is 4.98 Å². The first kappa shape index (κ1) is 11.3. The maximum Gasteiger partial charge on any atom is 0.405 e. The van der Waals surface area contributed by atoms with E-state index in [4.69, 9.17) is 5.73 Å². The molecule has 1 aromatic rings. The van der Waals surface area contributed by atoms with Crippen molar-refractivity contribution < 1.29 is 18.0 Å². The van der Waals surface area contributed by atoms with Gasteiger partial charge in [-0.2, -0.15) is 13.2 Å². The number of nitrogens with one attached hydrogen (secondary N) is 1. The average molecular weight is 219 g/mol. The number of halogens is 3. The van der Waals surface area contributed by atoms with Gasteiger partial charge in [0.25, 0.3) is 5.91 Å². The monoisotopic (exact) mass is 219 g/mol. The molecule has 1 aromatic heterocycles. The minimum absolute atomic E-state index is 0.0230. The summed E-state index contributed by atoms with van der Waals surface area (Å²) in [4.78, 5) is 14.4. The third-order valence-corrected chi connectivity index (χ3v) is 1.57. The zero-order valence-electron chi connectivity index (χ0n) is 7.51. The summed E-state index contributed by atoms with van der Waals surface area (Å²) in [5.74, 6) is -0.826. The van der Waals surface area contributed by atoms with Crippen LogP contribution in [-0.2, 0) is 0 Å². The predicted molar refractivity (Wildman–Crippen MR) is 47.3 cm³/mol. The quantitative estimate of drug-likeness (QED) is 0.801. The second kappa shape index (κ2) is 4.16. The Bertz CT molecular complexity index is 364. The zero-order valence-corrected chi connectivity index (χ0v) is 7.51. The van der Waals surface area contributed by atoms with E-state index in [1.807, 2.05) is 0 Å². The number of aromatic nitrogens is 1. The van der Waals surface area contributed by atoms with Crippen LogP contribution in [0.1, 0.15) is 10.4 Å². The van der Waals surface area contributed by atoms with Crippen LogP contribution in [0.15, 0.2) is 18.5 Å². The van der Waals surface area contributed by atoms with Crippen molar-refractivity contribution in [2.24, 2.45) is 5.73 Å². The van der Waals surface area contributed by atoms with Gasteiger partial charge in [-0.15, -0.1) is 0 Å². The Balaban J connectivity index is 2.81. The molecule has 0 aromatic carbocycles. The summed E-state index contributed by atoms with van der Waals surface area (Å²) in [6.45, 7) is -1.22. The van der Waals surface area contributed by atoms with E-state index in [0.717, 1.165) is 6.20 Å². The van der Waals surface area contributed by atoms with Crippen molar-refractivity contribution >= 4 is 11.6 Å². The zero-order chi connectivity index (χ0) is 11.5. The number of amides is 1. The van der Waals surface area contributed by atoms with E-state index in [2.05, 4.69) is 10.3 Å². The number of hydrogen-bond donors (Lipinski definition) is 2. The highest BCUT2D eigenvalue weighted by Crippen LogP contribution is 2.18. The lowest BCUT2D eigenvalue weighted by atomic mass is 10.2. The highest BCUT2D eigenvalue weighted by molar-refractivity contribution is 5.98. The number of carbonyl (C=O) groups excluding carboxylic acids is 1. The van der Waals surface area contributed by atoms with Crippen LogP contribution in [-0.4, -0.2) is 23.6 Å². The first-order valence-corrected chi connectivity index (χ1v) is 3.94. The van der Waals surface area contributed by atoms with Crippen LogP contribution in [0.5, 0.6) is 0 Å². The first-order chi connectivity index (χ1) is 6.90. The van der Waals surface area contributed by atoms with Gasteiger partial charge in [0.05, 0.1) is 11.3 Å². The van der Waals surface area contributed by atoms with Crippen LogP contribution in [0.25, 0.3) is 0 Å². The van der Waals surface area contributed by atoms with Gasteiger partial charge >= 0.3 is 6.18 Å². The molecular weight excluding hydrogens is 211 g/mol. The van der Waals surface area contributed by atoms with Gasteiger partial charge in [0.1, 0.15) is 6.54 Å². The summed E-state index contributed by atoms with van der Waals surface area (Å²) in [6, 6.07) is 1.26. The number of anilines is 1. The predicted octanol–water partition coefficient (Wildman–Crippen LogP) is 1.15. The van der Waals surface area contributed by atoms with Gasteiger partial charge in [-0.25, -0.2) is 0 Å². The smallest absolute Gasteiger partial charge is 0.376 e. The second-order valence-electron chi connectivity index (χ2n) is 2.75. The molecule has 4 nitrogen and oxygen atoms in total. The number of pyridine rings is 1. The van der Waals surface area contributed by atoms with Crippen LogP contribution in [0.3, 0.4) is 0 Å². The van der Waals surface area contributed by atoms with Crippen molar-refractivity contribution in [3.05, 3.63) is 24.0 Å². The fourth-order valence-electron chi connectivity index (χ4n) is 0.940. The number of carbonyl (C=O) groups is 1. The molecular formula is C8H8F3N3O. The summed E-state index contributed by atoms with van der Waals surface area (Å²) in [6.07, 6.45) is -1.97. The molecule has 0 aliphatic carbocycles. The van der Waals surface area contributed by atoms with Gasteiger partial charge in [0.15, 0.2) is 0 Å². The van der Waals surface area contributed by atoms with E-state index < -0.39 is 18.6 Å². The molecule has 1 heterocycles. The van der Waals surface area contributed by atoms with Crippen LogP contribution < -0.4 is 11.1 Å². The molecule has 1 amide bonds. The molecule has 0 aliphatic rings. The Morgan fingerprint density at radius 2 is 2.20 bits per heavy atom. The summed E-state index contributed by atoms with van der Waals surface area (Å²) < 4.78 is 35.6. The second-order valence-corrected chi connectivity index (χ2v) is 2.75. The molecule has 0 bridgehead atoms. The minimum atomic E-state index is -4.35. The topological polar surface area (TPSA) is 68.0 Å². The van der Waals surface area contributed by atoms with Crippen LogP contribution >= 0.6 is 0 Å². The maximum absolute atomic E-state index is 11.9. The lowest BCUT2D eigenvalue weighted by Gasteiger charge is -2.11. The lowest BCUT2D eigenvalue weighted by Crippen LogP contribution is -2.23. The van der Waals surface area contributed by atoms with Crippen LogP contribution in [0, 0.1) is 0 Å². The van der Waals surface area contributed by atoms with E-state index >= 15 is 0 Å². The Morgan fingerprint density at radius 1 is 1.53 bits per heavy atom. The Morgan fingerprint density at radius 3 is 2.73 bits per heavy atom. The highest BCUT2D eigenvalue weighted by atomic mass is 19.4. The average Bonchev–Trinajstić information content (AvgIpc) is 2.14. The molecule has 82 valence electrons. The van der Waals surface area contributed by atoms with Gasteiger partial charge in [0.2, 0.25) is 0 Å². The van der Waals surface area contributed by atoms with Crippen molar-refractivity contribution in [1.29, 1.82) is 0 Å². The molecule has 3 N–H and O–H groups in total. The molecule has 0 spiro atoms. The standard InChI is InChI=1S/C8H8F3N3O/c9-8(10,11)4-14-6-1-2-13-3-5(6)7(12)15/h1-3H,4H2,(H2,12,15)(H,13,14). The molecule has 0 saturated heterocycles. The summed E-state index contributed by atoms with van der Waals surface area (Å²) in [5.41, 5.74) is 4.91. The highest BCUT2D eigenvalue weighted by Gasteiger charge is 2.27. The van der Waals surface area contributed by atoms with Crippen molar-refractivity contribution in [2.45, 2.75) is 6.18 Å². The van der Waals surface area contributed by atoms with E-state index in [9.17, 15) is 18.0 Å². The minimum Gasteiger partial charge on any atom is -0.376 e. The molecule has 15 heavy (non-hydrogen) atoms. The normalized spacial score (nSPS) is 11.1. The number of primary amides is 1. The van der Waals surface area contributed by atoms with E-state index in [1.165, 1.54) is 12.3 Å². The third kappa shape index (κ3) is 3.45. The molecule has 1 rings (SSSR count). The Hall–Kier alpha value is -1.79. The SMILES string of the molecule is NC(=O)c1cnccc1NCC(F)(F)F. The molecule has 0 saturated carbocycles. The number of alkyl halides is 3. The number of nitrogens with two attached hydrogens (primary N) is 1. The fourth-order valence-corrected chi connectivity index (χ4v) is 0.940. The molecule has 0 atom stereocenters. The number of rotatable bonds is 3. The summed E-state index contributed by atoms with van der Waals surface area (Å²) in [7, 11) is 0. The third-order valence-electron chi connectivity index (χ3n) is 1.57. The van der Waals surface area contributed by atoms with E-state index in [1.54, 1.807) is 0 Å². The summed E-state index contributed by atoms with van der Waals surface area (Å²) >= 11 is 0. The van der Waals surface area contributed by atoms with Gasteiger partial charge in [-0.1, -0.05) is 0 Å². The molecule has 0 radical (unpaired) electrons. The van der Waals surface area contributed by atoms with Crippen molar-refractivity contribution in [2.75, 3.05) is 11.9 Å². The maximum atomic E-state index is 11.9. The van der Waals surface area contributed by atoms with Crippen LogP contribution in [0.2, 0.25) is 0 Å². The fraction of sp³-hybridized carbons (Fsp3) is 0.250. The van der Waals surface area contributed by atoms with Gasteiger partial charge in [0, 0.05) is 12.4 Å². The molecule has 0 unspecified atom stereocenters. The number of hydrogen-bond acceptors (Lipinski definition) is 3.